The molecule has 4 nitrogen and oxygen atoms in total. The van der Waals surface area contributed by atoms with Gasteiger partial charge in [0.05, 0.1) is 0 Å². The lowest BCUT2D eigenvalue weighted by Gasteiger charge is -1.94. The lowest BCUT2D eigenvalue weighted by atomic mass is 10.2. The van der Waals surface area contributed by atoms with E-state index in [-0.39, 0.29) is 5.89 Å². The van der Waals surface area contributed by atoms with Gasteiger partial charge in [0, 0.05) is 10.6 Å². The normalized spacial score (nSPS) is 12.7. The van der Waals surface area contributed by atoms with E-state index in [0.717, 1.165) is 5.56 Å². The monoisotopic (exact) mass is 224 g/mol. The number of rotatable bonds is 2. The minimum Gasteiger partial charge on any atom is -0.384 e. The molecule has 2 rings (SSSR count). The molecular weight excluding hydrogens is 216 g/mol. The van der Waals surface area contributed by atoms with Crippen LogP contribution in [0.4, 0.5) is 0 Å². The van der Waals surface area contributed by atoms with Crippen molar-refractivity contribution in [1.82, 2.24) is 10.1 Å². The molecule has 0 aliphatic rings. The Morgan fingerprint density at radius 3 is 2.87 bits per heavy atom. The molecular formula is C10H9ClN2O2. The number of hydrogen-bond acceptors (Lipinski definition) is 4. The molecule has 0 fully saturated rings. The summed E-state index contributed by atoms with van der Waals surface area (Å²) in [5, 5.41) is 13.6. The fraction of sp³-hybridized carbons (Fsp3) is 0.200. The Bertz CT molecular complexity index is 468. The molecule has 0 radical (unpaired) electrons. The zero-order valence-corrected chi connectivity index (χ0v) is 8.77. The summed E-state index contributed by atoms with van der Waals surface area (Å²) in [6.07, 6.45) is -0.759. The average Bonchev–Trinajstić information content (AvgIpc) is 2.66. The summed E-state index contributed by atoms with van der Waals surface area (Å²) in [7, 11) is 0. The number of aliphatic hydroxyl groups is 1. The molecule has 0 spiro atoms. The van der Waals surface area contributed by atoms with E-state index in [0.29, 0.717) is 10.8 Å². The first-order chi connectivity index (χ1) is 7.16. The van der Waals surface area contributed by atoms with E-state index in [2.05, 4.69) is 10.1 Å². The molecule has 0 aliphatic heterocycles. The van der Waals surface area contributed by atoms with Crippen LogP contribution in [-0.2, 0) is 0 Å². The molecule has 2 aromatic rings. The van der Waals surface area contributed by atoms with Crippen LogP contribution in [0, 0.1) is 0 Å². The van der Waals surface area contributed by atoms with Gasteiger partial charge in [-0.15, -0.1) is 0 Å². The van der Waals surface area contributed by atoms with Crippen molar-refractivity contribution < 1.29 is 9.63 Å². The van der Waals surface area contributed by atoms with Crippen LogP contribution in [-0.4, -0.2) is 15.2 Å². The van der Waals surface area contributed by atoms with Gasteiger partial charge in [0.15, 0.2) is 0 Å². The molecule has 1 atom stereocenters. The highest BCUT2D eigenvalue weighted by molar-refractivity contribution is 6.30. The predicted octanol–water partition coefficient (Wildman–Crippen LogP) is 2.44. The van der Waals surface area contributed by atoms with Crippen LogP contribution in [0.2, 0.25) is 5.02 Å². The molecule has 0 unspecified atom stereocenters. The van der Waals surface area contributed by atoms with Gasteiger partial charge in [-0.3, -0.25) is 0 Å². The number of halogens is 1. The molecule has 0 amide bonds. The lowest BCUT2D eigenvalue weighted by Crippen LogP contribution is -1.90. The lowest BCUT2D eigenvalue weighted by molar-refractivity contribution is 0.152. The van der Waals surface area contributed by atoms with E-state index < -0.39 is 6.10 Å². The van der Waals surface area contributed by atoms with E-state index in [1.807, 2.05) is 6.07 Å². The fourth-order valence-corrected chi connectivity index (χ4v) is 1.34. The van der Waals surface area contributed by atoms with Crippen LogP contribution < -0.4 is 0 Å². The first-order valence-corrected chi connectivity index (χ1v) is 4.82. The Morgan fingerprint density at radius 1 is 1.47 bits per heavy atom. The van der Waals surface area contributed by atoms with E-state index in [1.165, 1.54) is 0 Å². The summed E-state index contributed by atoms with van der Waals surface area (Å²) in [5.41, 5.74) is 0.762. The second-order valence-electron chi connectivity index (χ2n) is 3.14. The van der Waals surface area contributed by atoms with Gasteiger partial charge in [-0.25, -0.2) is 0 Å². The number of aromatic nitrogens is 2. The van der Waals surface area contributed by atoms with Gasteiger partial charge in [-0.05, 0) is 19.1 Å². The van der Waals surface area contributed by atoms with Crippen molar-refractivity contribution in [3.63, 3.8) is 0 Å². The van der Waals surface area contributed by atoms with Crippen molar-refractivity contribution in [2.75, 3.05) is 0 Å². The van der Waals surface area contributed by atoms with Crippen LogP contribution in [0.3, 0.4) is 0 Å². The first-order valence-electron chi connectivity index (χ1n) is 4.44. The fourth-order valence-electron chi connectivity index (χ4n) is 1.15. The van der Waals surface area contributed by atoms with Crippen LogP contribution in [0.15, 0.2) is 28.8 Å². The third-order valence-electron chi connectivity index (χ3n) is 1.88. The topological polar surface area (TPSA) is 59.2 Å². The maximum absolute atomic E-state index is 9.22. The standard InChI is InChI=1S/C10H9ClN2O2/c1-6(14)10-12-9(13-15-10)7-3-2-4-8(11)5-7/h2-6,14H,1H3/t6-/m1/s1. The molecule has 0 bridgehead atoms. The Morgan fingerprint density at radius 2 is 2.27 bits per heavy atom. The van der Waals surface area contributed by atoms with E-state index in [9.17, 15) is 5.11 Å². The molecule has 0 saturated carbocycles. The SMILES string of the molecule is C[C@@H](O)c1nc(-c2cccc(Cl)c2)no1. The number of nitrogens with zero attached hydrogens (tertiary/aromatic N) is 2. The van der Waals surface area contributed by atoms with Crippen LogP contribution in [0.1, 0.15) is 18.9 Å². The van der Waals surface area contributed by atoms with Gasteiger partial charge < -0.3 is 9.63 Å². The molecule has 1 N–H and O–H groups in total. The van der Waals surface area contributed by atoms with Crippen molar-refractivity contribution in [2.24, 2.45) is 0 Å². The van der Waals surface area contributed by atoms with Gasteiger partial charge in [-0.2, -0.15) is 4.98 Å². The van der Waals surface area contributed by atoms with Crippen molar-refractivity contribution in [3.8, 4) is 11.4 Å². The van der Waals surface area contributed by atoms with Gasteiger partial charge >= 0.3 is 0 Å². The van der Waals surface area contributed by atoms with E-state index in [4.69, 9.17) is 16.1 Å². The van der Waals surface area contributed by atoms with Crippen molar-refractivity contribution in [3.05, 3.63) is 35.2 Å². The average molecular weight is 225 g/mol. The highest BCUT2D eigenvalue weighted by Crippen LogP contribution is 2.21. The largest absolute Gasteiger partial charge is 0.384 e. The summed E-state index contributed by atoms with van der Waals surface area (Å²) in [4.78, 5) is 4.03. The van der Waals surface area contributed by atoms with Crippen LogP contribution in [0.5, 0.6) is 0 Å². The number of benzene rings is 1. The van der Waals surface area contributed by atoms with Crippen molar-refractivity contribution in [1.29, 1.82) is 0 Å². The van der Waals surface area contributed by atoms with Gasteiger partial charge in [0.1, 0.15) is 6.10 Å². The predicted molar refractivity (Wildman–Crippen MR) is 55.4 cm³/mol. The van der Waals surface area contributed by atoms with E-state index >= 15 is 0 Å². The third-order valence-corrected chi connectivity index (χ3v) is 2.12. The quantitative estimate of drug-likeness (QED) is 0.851. The number of aliphatic hydroxyl groups excluding tert-OH is 1. The summed E-state index contributed by atoms with van der Waals surface area (Å²) in [6.45, 7) is 1.56. The zero-order chi connectivity index (χ0) is 10.8. The van der Waals surface area contributed by atoms with Crippen molar-refractivity contribution >= 4 is 11.6 Å². The van der Waals surface area contributed by atoms with Crippen LogP contribution in [0.25, 0.3) is 11.4 Å². The Hall–Kier alpha value is -1.39. The van der Waals surface area contributed by atoms with Gasteiger partial charge in [0.2, 0.25) is 5.82 Å². The number of hydrogen-bond donors (Lipinski definition) is 1. The highest BCUT2D eigenvalue weighted by Gasteiger charge is 2.12. The summed E-state index contributed by atoms with van der Waals surface area (Å²) in [6, 6.07) is 7.12. The van der Waals surface area contributed by atoms with Gasteiger partial charge in [-0.1, -0.05) is 28.9 Å². The Balaban J connectivity index is 2.37. The molecule has 15 heavy (non-hydrogen) atoms. The Labute approximate surface area is 91.5 Å². The summed E-state index contributed by atoms with van der Waals surface area (Å²) >= 11 is 5.83. The van der Waals surface area contributed by atoms with Gasteiger partial charge in [0.25, 0.3) is 5.89 Å². The zero-order valence-electron chi connectivity index (χ0n) is 8.01. The second-order valence-corrected chi connectivity index (χ2v) is 3.58. The Kier molecular flexibility index (Phi) is 2.70. The molecule has 5 heteroatoms. The third kappa shape index (κ3) is 2.16. The van der Waals surface area contributed by atoms with Crippen LogP contribution >= 0.6 is 11.6 Å². The van der Waals surface area contributed by atoms with E-state index in [1.54, 1.807) is 25.1 Å². The summed E-state index contributed by atoms with van der Waals surface area (Å²) in [5.74, 6) is 0.623. The first kappa shape index (κ1) is 10.1. The summed E-state index contributed by atoms with van der Waals surface area (Å²) < 4.78 is 4.87. The van der Waals surface area contributed by atoms with Crippen molar-refractivity contribution in [2.45, 2.75) is 13.0 Å². The smallest absolute Gasteiger partial charge is 0.255 e. The molecule has 1 heterocycles. The molecule has 0 aliphatic carbocycles. The molecule has 1 aromatic heterocycles. The maximum atomic E-state index is 9.22. The molecule has 78 valence electrons. The second kappa shape index (κ2) is 4.00. The highest BCUT2D eigenvalue weighted by atomic mass is 35.5. The minimum atomic E-state index is -0.759. The molecule has 1 aromatic carbocycles. The minimum absolute atomic E-state index is 0.199. The maximum Gasteiger partial charge on any atom is 0.255 e. The molecule has 0 saturated heterocycles.